The van der Waals surface area contributed by atoms with Crippen LogP contribution in [0.15, 0.2) is 0 Å². The van der Waals surface area contributed by atoms with E-state index in [1.54, 1.807) is 0 Å². The Morgan fingerprint density at radius 1 is 1.88 bits per heavy atom. The van der Waals surface area contributed by atoms with E-state index in [1.807, 2.05) is 0 Å². The second-order valence-corrected chi connectivity index (χ2v) is 0.923. The molecule has 46 valence electrons. The minimum absolute atomic E-state index is 0. The van der Waals surface area contributed by atoms with E-state index in [2.05, 4.69) is 9.58 Å². The molecule has 0 unspecified atom stereocenters. The monoisotopic (exact) mass is 115 g/mol. The first-order valence-corrected chi connectivity index (χ1v) is 1.74. The fourth-order valence-electron chi connectivity index (χ4n) is 0.123. The van der Waals surface area contributed by atoms with Crippen LogP contribution in [0.4, 0.5) is 0 Å². The minimum atomic E-state index is -0.406. The Morgan fingerprint density at radius 2 is 2.38 bits per heavy atom. The number of hydrogen-bond acceptors (Lipinski definition) is 2. The molecule has 3 heteroatoms. The van der Waals surface area contributed by atoms with Gasteiger partial charge < -0.3 is 4.74 Å². The zero-order chi connectivity index (χ0) is 5.70. The summed E-state index contributed by atoms with van der Waals surface area (Å²) in [5.41, 5.74) is 0. The van der Waals surface area contributed by atoms with Crippen molar-refractivity contribution in [3.05, 3.63) is 11.4 Å². The lowest BCUT2D eigenvalue weighted by Crippen LogP contribution is -1.95. The van der Waals surface area contributed by atoms with Crippen molar-refractivity contribution in [2.75, 3.05) is 6.73 Å². The number of esters is 1. The van der Waals surface area contributed by atoms with Crippen LogP contribution >= 0.6 is 0 Å². The molecule has 0 heterocycles. The first-order valence-electron chi connectivity index (χ1n) is 1.74. The molecule has 0 aromatic heterocycles. The van der Waals surface area contributed by atoms with Gasteiger partial charge in [-0.3, -0.25) is 9.64 Å². The second-order valence-electron chi connectivity index (χ2n) is 0.923. The maximum Gasteiger partial charge on any atom is 0.359 e. The average molecular weight is 115 g/mol. The van der Waals surface area contributed by atoms with Crippen LogP contribution in [0.5, 0.6) is 0 Å². The lowest BCUT2D eigenvalue weighted by molar-refractivity contribution is -0.139. The van der Waals surface area contributed by atoms with Crippen molar-refractivity contribution < 1.29 is 9.53 Å². The van der Waals surface area contributed by atoms with Gasteiger partial charge in [0.2, 0.25) is 0 Å². The predicted molar refractivity (Wildman–Crippen MR) is 30.0 cm³/mol. The molecule has 0 atom stereocenters. The Labute approximate surface area is 49.1 Å². The van der Waals surface area contributed by atoms with E-state index in [-0.39, 0.29) is 14.2 Å². The first-order chi connectivity index (χ1) is 3.27. The van der Waals surface area contributed by atoms with Crippen LogP contribution in [0.1, 0.15) is 14.4 Å². The summed E-state index contributed by atoms with van der Waals surface area (Å²) in [4.78, 5) is 12.6. The Hall–Kier alpha value is -1.04. The van der Waals surface area contributed by atoms with Crippen LogP contribution in [-0.4, -0.2) is 12.7 Å². The molecule has 8 heavy (non-hydrogen) atoms. The zero-order valence-electron chi connectivity index (χ0n) is 3.97. The molecule has 0 amide bonds. The number of hydrogen-bond donors (Lipinski definition) is 0. The molecule has 0 N–H and O–H groups in total. The highest BCUT2D eigenvalue weighted by molar-refractivity contribution is 5.65. The molecule has 0 saturated carbocycles. The topological polar surface area (TPSA) is 30.7 Å². The highest BCUT2D eigenvalue weighted by atomic mass is 16.5. The number of rotatable bonds is 1. The fourth-order valence-corrected chi connectivity index (χ4v) is 0.123. The van der Waals surface area contributed by atoms with Crippen LogP contribution in [0.2, 0.25) is 0 Å². The number of ether oxygens (including phenoxy) is 1. The van der Waals surface area contributed by atoms with Gasteiger partial charge in [-0.2, -0.15) is 0 Å². The van der Waals surface area contributed by atoms with Gasteiger partial charge in [-0.05, 0) is 0 Å². The molecule has 0 bridgehead atoms. The normalized spacial score (nSPS) is 6.00. The molecule has 0 aliphatic rings. The van der Waals surface area contributed by atoms with Gasteiger partial charge in [-0.25, -0.2) is 6.57 Å². The lowest BCUT2D eigenvalue weighted by Gasteiger charge is -1.84. The van der Waals surface area contributed by atoms with Crippen molar-refractivity contribution in [2.45, 2.75) is 14.4 Å². The summed E-state index contributed by atoms with van der Waals surface area (Å²) < 4.78 is 4.20. The van der Waals surface area contributed by atoms with Crippen LogP contribution < -0.4 is 0 Å². The van der Waals surface area contributed by atoms with E-state index in [0.717, 1.165) is 0 Å². The Balaban J connectivity index is 0. The van der Waals surface area contributed by atoms with Gasteiger partial charge in [-0.1, -0.05) is 7.43 Å². The van der Waals surface area contributed by atoms with Gasteiger partial charge in [0, 0.05) is 6.92 Å². The van der Waals surface area contributed by atoms with Gasteiger partial charge in [0.1, 0.15) is 0 Å². The van der Waals surface area contributed by atoms with E-state index in [0.29, 0.717) is 0 Å². The van der Waals surface area contributed by atoms with E-state index in [1.165, 1.54) is 6.92 Å². The summed E-state index contributed by atoms with van der Waals surface area (Å²) in [6, 6.07) is 0. The van der Waals surface area contributed by atoms with Crippen molar-refractivity contribution in [3.8, 4) is 0 Å². The third-order valence-electron chi connectivity index (χ3n) is 0.332. The van der Waals surface area contributed by atoms with Gasteiger partial charge in [0.25, 0.3) is 0 Å². The fraction of sp³-hybridized carbons (Fsp3) is 0.600. The van der Waals surface area contributed by atoms with E-state index >= 15 is 0 Å². The van der Waals surface area contributed by atoms with Gasteiger partial charge in [0.15, 0.2) is 0 Å². The standard InChI is InChI=1S/C4H5NO2.CH4/c1-4(6)7-3-5-2;/h3H2,1H3;1H4. The SMILES string of the molecule is C.[C-]#[N+]COC(C)=O. The van der Waals surface area contributed by atoms with E-state index < -0.39 is 5.97 Å². The predicted octanol–water partition coefficient (Wildman–Crippen LogP) is 1.06. The molecule has 0 aromatic carbocycles. The van der Waals surface area contributed by atoms with Crippen molar-refractivity contribution in [1.82, 2.24) is 0 Å². The third kappa shape index (κ3) is 8.88. The smallest absolute Gasteiger partial charge is 0.359 e. The highest BCUT2D eigenvalue weighted by Gasteiger charge is 1.87. The highest BCUT2D eigenvalue weighted by Crippen LogP contribution is 1.73. The van der Waals surface area contributed by atoms with Gasteiger partial charge in [0.05, 0.1) is 0 Å². The molecule has 0 fully saturated rings. The summed E-state index contributed by atoms with van der Waals surface area (Å²) in [6.45, 7) is 7.26. The molecule has 0 aromatic rings. The lowest BCUT2D eigenvalue weighted by atomic mass is 10.8. The maximum absolute atomic E-state index is 9.84. The number of carbonyl (C=O) groups is 1. The Bertz CT molecular complexity index is 103. The summed E-state index contributed by atoms with van der Waals surface area (Å²) in [5.74, 6) is -0.406. The van der Waals surface area contributed by atoms with Crippen molar-refractivity contribution in [2.24, 2.45) is 0 Å². The summed E-state index contributed by atoms with van der Waals surface area (Å²) in [7, 11) is 0. The van der Waals surface area contributed by atoms with Gasteiger partial charge in [-0.15, -0.1) is 0 Å². The molecule has 0 saturated heterocycles. The first kappa shape index (κ1) is 10.0. The van der Waals surface area contributed by atoms with Crippen molar-refractivity contribution >= 4 is 5.97 Å². The van der Waals surface area contributed by atoms with Crippen LogP contribution in [0.25, 0.3) is 4.85 Å². The van der Waals surface area contributed by atoms with E-state index in [9.17, 15) is 4.79 Å². The van der Waals surface area contributed by atoms with Gasteiger partial charge >= 0.3 is 12.7 Å². The molecule has 0 aliphatic carbocycles. The summed E-state index contributed by atoms with van der Waals surface area (Å²) in [6.07, 6.45) is 0. The molecular weight excluding hydrogens is 106 g/mol. The van der Waals surface area contributed by atoms with Crippen LogP contribution in [-0.2, 0) is 9.53 Å². The number of nitrogens with zero attached hydrogens (tertiary/aromatic N) is 1. The second kappa shape index (κ2) is 5.96. The average Bonchev–Trinajstić information content (AvgIpc) is 1.61. The molecular formula is C5H9NO2. The molecule has 0 spiro atoms. The number of carbonyl (C=O) groups excluding carboxylic acids is 1. The van der Waals surface area contributed by atoms with Crippen LogP contribution in [0.3, 0.4) is 0 Å². The minimum Gasteiger partial charge on any atom is -0.394 e. The zero-order valence-corrected chi connectivity index (χ0v) is 3.97. The van der Waals surface area contributed by atoms with Crippen molar-refractivity contribution in [3.63, 3.8) is 0 Å². The van der Waals surface area contributed by atoms with Crippen LogP contribution in [0, 0.1) is 6.57 Å². The quantitative estimate of drug-likeness (QED) is 0.378. The Morgan fingerprint density at radius 3 is 2.50 bits per heavy atom. The summed E-state index contributed by atoms with van der Waals surface area (Å²) >= 11 is 0. The molecule has 3 nitrogen and oxygen atoms in total. The maximum atomic E-state index is 9.84. The Kier molecular flexibility index (Phi) is 7.49. The van der Waals surface area contributed by atoms with E-state index in [4.69, 9.17) is 6.57 Å². The largest absolute Gasteiger partial charge is 0.394 e. The molecule has 0 rings (SSSR count). The third-order valence-corrected chi connectivity index (χ3v) is 0.332. The van der Waals surface area contributed by atoms with Crippen molar-refractivity contribution in [1.29, 1.82) is 0 Å². The molecule has 0 radical (unpaired) electrons. The summed E-state index contributed by atoms with van der Waals surface area (Å²) in [5, 5.41) is 0. The molecule has 0 aliphatic heterocycles.